The van der Waals surface area contributed by atoms with E-state index in [1.54, 1.807) is 7.11 Å². The maximum atomic E-state index is 5.86. The third-order valence-electron chi connectivity index (χ3n) is 3.45. The molecule has 0 bridgehead atoms. The highest BCUT2D eigenvalue weighted by atomic mass is 16.5. The second kappa shape index (κ2) is 5.63. The highest BCUT2D eigenvalue weighted by Crippen LogP contribution is 2.37. The van der Waals surface area contributed by atoms with Crippen LogP contribution >= 0.6 is 0 Å². The Morgan fingerprint density at radius 2 is 2.14 bits per heavy atom. The molecular weight excluding hydrogens is 270 g/mol. The van der Waals surface area contributed by atoms with Gasteiger partial charge in [-0.3, -0.25) is 0 Å². The van der Waals surface area contributed by atoms with E-state index in [4.69, 9.17) is 13.9 Å². The Bertz CT molecular complexity index is 626. The van der Waals surface area contributed by atoms with Crippen molar-refractivity contribution in [1.29, 1.82) is 0 Å². The molecule has 1 atom stereocenters. The lowest BCUT2D eigenvalue weighted by Gasteiger charge is -2.34. The molecule has 1 unspecified atom stereocenters. The molecule has 1 aromatic heterocycles. The number of aryl methyl sites for hydroxylation is 1. The summed E-state index contributed by atoms with van der Waals surface area (Å²) in [4.78, 5) is 2.18. The van der Waals surface area contributed by atoms with Gasteiger partial charge in [-0.25, -0.2) is 0 Å². The maximum Gasteiger partial charge on any atom is 0.235 e. The molecule has 1 aliphatic rings. The van der Waals surface area contributed by atoms with E-state index in [0.29, 0.717) is 18.3 Å². The Morgan fingerprint density at radius 3 is 2.86 bits per heavy atom. The van der Waals surface area contributed by atoms with Crippen molar-refractivity contribution in [3.05, 3.63) is 30.0 Å². The molecule has 0 radical (unpaired) electrons. The Morgan fingerprint density at radius 1 is 1.33 bits per heavy atom. The van der Waals surface area contributed by atoms with Crippen LogP contribution in [0.15, 0.2) is 22.6 Å². The van der Waals surface area contributed by atoms with E-state index in [1.165, 1.54) is 0 Å². The van der Waals surface area contributed by atoms with E-state index in [0.717, 1.165) is 30.2 Å². The van der Waals surface area contributed by atoms with Gasteiger partial charge in [-0.2, -0.15) is 0 Å². The van der Waals surface area contributed by atoms with Crippen LogP contribution in [0.3, 0.4) is 0 Å². The zero-order valence-electron chi connectivity index (χ0n) is 12.5. The van der Waals surface area contributed by atoms with Crippen molar-refractivity contribution in [1.82, 2.24) is 10.2 Å². The molecule has 2 heterocycles. The Labute approximate surface area is 123 Å². The first kappa shape index (κ1) is 13.7. The number of rotatable bonds is 4. The second-order valence-electron chi connectivity index (χ2n) is 5.09. The highest BCUT2D eigenvalue weighted by molar-refractivity contribution is 5.63. The summed E-state index contributed by atoms with van der Waals surface area (Å²) in [5, 5.41) is 8.10. The second-order valence-corrected chi connectivity index (χ2v) is 5.09. The number of hydrogen-bond donors (Lipinski definition) is 0. The van der Waals surface area contributed by atoms with Crippen LogP contribution < -0.4 is 14.4 Å². The highest BCUT2D eigenvalue weighted by Gasteiger charge is 2.25. The maximum absolute atomic E-state index is 5.86. The number of benzene rings is 1. The van der Waals surface area contributed by atoms with Gasteiger partial charge in [-0.05, 0) is 19.1 Å². The molecule has 112 valence electrons. The van der Waals surface area contributed by atoms with Crippen LogP contribution in [0.5, 0.6) is 11.5 Å². The summed E-state index contributed by atoms with van der Waals surface area (Å²) in [5.74, 6) is 2.94. The first-order valence-electron chi connectivity index (χ1n) is 7.10. The first-order chi connectivity index (χ1) is 10.2. The summed E-state index contributed by atoms with van der Waals surface area (Å²) in [7, 11) is 1.66. The Balaban J connectivity index is 1.88. The monoisotopic (exact) mass is 289 g/mol. The topological polar surface area (TPSA) is 60.6 Å². The third kappa shape index (κ3) is 2.79. The molecule has 0 fully saturated rings. The van der Waals surface area contributed by atoms with Gasteiger partial charge in [0, 0.05) is 12.5 Å². The zero-order chi connectivity index (χ0) is 14.8. The predicted molar refractivity (Wildman–Crippen MR) is 77.8 cm³/mol. The van der Waals surface area contributed by atoms with Crippen molar-refractivity contribution in [3.8, 4) is 11.5 Å². The van der Waals surface area contributed by atoms with Crippen LogP contribution in [0, 0.1) is 0 Å². The number of aromatic nitrogens is 2. The Kier molecular flexibility index (Phi) is 3.68. The van der Waals surface area contributed by atoms with E-state index in [1.807, 2.05) is 32.0 Å². The number of ether oxygens (including phenoxy) is 2. The van der Waals surface area contributed by atoms with Gasteiger partial charge in [0.05, 0.1) is 25.9 Å². The minimum atomic E-state index is 0.111. The summed E-state index contributed by atoms with van der Waals surface area (Å²) in [6, 6.07) is 5.80. The molecule has 6 heteroatoms. The van der Waals surface area contributed by atoms with Gasteiger partial charge >= 0.3 is 0 Å². The summed E-state index contributed by atoms with van der Waals surface area (Å²) in [6.07, 6.45) is 0.858. The van der Waals surface area contributed by atoms with Crippen molar-refractivity contribution in [3.63, 3.8) is 0 Å². The molecule has 0 saturated carbocycles. The number of methoxy groups -OCH3 is 1. The average molecular weight is 289 g/mol. The van der Waals surface area contributed by atoms with Gasteiger partial charge in [-0.15, -0.1) is 10.2 Å². The van der Waals surface area contributed by atoms with Crippen molar-refractivity contribution in [2.45, 2.75) is 32.9 Å². The van der Waals surface area contributed by atoms with Gasteiger partial charge < -0.3 is 18.8 Å². The van der Waals surface area contributed by atoms with Crippen molar-refractivity contribution >= 4 is 5.69 Å². The van der Waals surface area contributed by atoms with Gasteiger partial charge in [0.1, 0.15) is 17.6 Å². The van der Waals surface area contributed by atoms with Crippen LogP contribution in [0.1, 0.15) is 25.6 Å². The molecule has 1 aromatic carbocycles. The van der Waals surface area contributed by atoms with Crippen LogP contribution in [-0.2, 0) is 13.0 Å². The Hall–Kier alpha value is -2.24. The van der Waals surface area contributed by atoms with E-state index in [-0.39, 0.29) is 6.10 Å². The van der Waals surface area contributed by atoms with Crippen LogP contribution in [0.4, 0.5) is 5.69 Å². The standard InChI is InChI=1S/C15H19N3O3/c1-4-14-16-17-15(21-14)9-18-8-10(2)20-13-6-5-11(19-3)7-12(13)18/h5-7,10H,4,8-9H2,1-3H3. The lowest BCUT2D eigenvalue weighted by Crippen LogP contribution is -2.38. The summed E-state index contributed by atoms with van der Waals surface area (Å²) < 4.78 is 16.8. The minimum Gasteiger partial charge on any atom is -0.497 e. The smallest absolute Gasteiger partial charge is 0.235 e. The van der Waals surface area contributed by atoms with Gasteiger partial charge in [0.2, 0.25) is 11.8 Å². The number of hydrogen-bond acceptors (Lipinski definition) is 6. The number of fused-ring (bicyclic) bond motifs is 1. The van der Waals surface area contributed by atoms with Crippen LogP contribution in [0.25, 0.3) is 0 Å². The fourth-order valence-electron chi connectivity index (χ4n) is 2.44. The molecule has 0 saturated heterocycles. The van der Waals surface area contributed by atoms with Gasteiger partial charge in [0.25, 0.3) is 0 Å². The van der Waals surface area contributed by atoms with Crippen molar-refractivity contribution < 1.29 is 13.9 Å². The van der Waals surface area contributed by atoms with Crippen molar-refractivity contribution in [2.24, 2.45) is 0 Å². The molecule has 0 amide bonds. The van der Waals surface area contributed by atoms with E-state index in [9.17, 15) is 0 Å². The first-order valence-corrected chi connectivity index (χ1v) is 7.10. The average Bonchev–Trinajstić information content (AvgIpc) is 2.94. The van der Waals surface area contributed by atoms with E-state index >= 15 is 0 Å². The molecule has 2 aromatic rings. The summed E-state index contributed by atoms with van der Waals surface area (Å²) in [6.45, 7) is 5.38. The van der Waals surface area contributed by atoms with Crippen LogP contribution in [0.2, 0.25) is 0 Å². The quantitative estimate of drug-likeness (QED) is 0.861. The fraction of sp³-hybridized carbons (Fsp3) is 0.467. The van der Waals surface area contributed by atoms with E-state index < -0.39 is 0 Å². The summed E-state index contributed by atoms with van der Waals surface area (Å²) >= 11 is 0. The molecule has 6 nitrogen and oxygen atoms in total. The van der Waals surface area contributed by atoms with Crippen LogP contribution in [-0.4, -0.2) is 30.0 Å². The van der Waals surface area contributed by atoms with Crippen molar-refractivity contribution in [2.75, 3.05) is 18.6 Å². The lowest BCUT2D eigenvalue weighted by atomic mass is 10.2. The predicted octanol–water partition coefficient (Wildman–Crippen LogP) is 2.43. The molecule has 0 spiro atoms. The van der Waals surface area contributed by atoms with E-state index in [2.05, 4.69) is 15.1 Å². The molecule has 0 aliphatic carbocycles. The largest absolute Gasteiger partial charge is 0.497 e. The SMILES string of the molecule is CCc1nnc(CN2CC(C)Oc3ccc(OC)cc32)o1. The molecule has 21 heavy (non-hydrogen) atoms. The molecule has 3 rings (SSSR count). The number of anilines is 1. The fourth-order valence-corrected chi connectivity index (χ4v) is 2.44. The third-order valence-corrected chi connectivity index (χ3v) is 3.45. The molecule has 1 aliphatic heterocycles. The zero-order valence-corrected chi connectivity index (χ0v) is 12.5. The summed E-state index contributed by atoms with van der Waals surface area (Å²) in [5.41, 5.74) is 0.990. The normalized spacial score (nSPS) is 17.3. The lowest BCUT2D eigenvalue weighted by molar-refractivity contribution is 0.210. The number of nitrogens with zero attached hydrogens (tertiary/aromatic N) is 3. The van der Waals surface area contributed by atoms with Gasteiger partial charge in [0.15, 0.2) is 0 Å². The minimum absolute atomic E-state index is 0.111. The van der Waals surface area contributed by atoms with Gasteiger partial charge in [-0.1, -0.05) is 6.92 Å². The molecular formula is C15H19N3O3. The molecule has 0 N–H and O–H groups in total.